The van der Waals surface area contributed by atoms with Gasteiger partial charge >= 0.3 is 0 Å². The molecule has 1 N–H and O–H groups in total. The molecule has 0 radical (unpaired) electrons. The maximum atomic E-state index is 13.3. The number of carbonyl (C=O) groups excluding carboxylic acids is 1. The number of hydrogen-bond donors (Lipinski definition) is 1. The number of amides is 1. The summed E-state index contributed by atoms with van der Waals surface area (Å²) in [6.45, 7) is 1.94. The number of aryl methyl sites for hydroxylation is 1. The van der Waals surface area contributed by atoms with Crippen molar-refractivity contribution >= 4 is 11.6 Å². The maximum absolute atomic E-state index is 13.3. The van der Waals surface area contributed by atoms with E-state index in [0.717, 1.165) is 17.7 Å². The van der Waals surface area contributed by atoms with Crippen molar-refractivity contribution in [3.8, 4) is 17.4 Å². The zero-order valence-corrected chi connectivity index (χ0v) is 17.6. The quantitative estimate of drug-likeness (QED) is 0.394. The summed E-state index contributed by atoms with van der Waals surface area (Å²) in [5, 5.41) is 2.77. The van der Waals surface area contributed by atoms with Crippen molar-refractivity contribution in [3.63, 3.8) is 0 Å². The van der Waals surface area contributed by atoms with Gasteiger partial charge in [-0.2, -0.15) is 0 Å². The van der Waals surface area contributed by atoms with E-state index in [1.807, 2.05) is 6.92 Å². The van der Waals surface area contributed by atoms with Crippen molar-refractivity contribution in [1.29, 1.82) is 0 Å². The number of ether oxygens (including phenoxy) is 2. The number of carbonyl (C=O) groups is 1. The largest absolute Gasteiger partial charge is 0.489 e. The molecule has 4 aromatic rings. The SMILES string of the molecule is Cc1ccncc1C(=O)Nc1ccc(Oc2ccc(OCc3ccc(F)c(F)c3)cc2)nc1. The summed E-state index contributed by atoms with van der Waals surface area (Å²) in [6.07, 6.45) is 4.64. The molecule has 0 aliphatic carbocycles. The predicted molar refractivity (Wildman–Crippen MR) is 118 cm³/mol. The number of nitrogens with zero attached hydrogens (tertiary/aromatic N) is 2. The van der Waals surface area contributed by atoms with E-state index in [9.17, 15) is 13.6 Å². The first-order chi connectivity index (χ1) is 16.0. The van der Waals surface area contributed by atoms with Gasteiger partial charge in [0.15, 0.2) is 11.6 Å². The van der Waals surface area contributed by atoms with Crippen molar-refractivity contribution < 1.29 is 23.0 Å². The summed E-state index contributed by atoms with van der Waals surface area (Å²) >= 11 is 0. The summed E-state index contributed by atoms with van der Waals surface area (Å²) < 4.78 is 37.6. The van der Waals surface area contributed by atoms with Gasteiger partial charge in [-0.15, -0.1) is 0 Å². The van der Waals surface area contributed by atoms with Crippen LogP contribution >= 0.6 is 0 Å². The smallest absolute Gasteiger partial charge is 0.257 e. The Morgan fingerprint density at radius 1 is 0.939 bits per heavy atom. The maximum Gasteiger partial charge on any atom is 0.257 e. The first kappa shape index (κ1) is 21.9. The van der Waals surface area contributed by atoms with E-state index < -0.39 is 11.6 Å². The molecule has 2 heterocycles. The zero-order chi connectivity index (χ0) is 23.2. The van der Waals surface area contributed by atoms with Gasteiger partial charge < -0.3 is 14.8 Å². The second kappa shape index (κ2) is 9.86. The fraction of sp³-hybridized carbons (Fsp3) is 0.0800. The molecule has 2 aromatic carbocycles. The van der Waals surface area contributed by atoms with E-state index >= 15 is 0 Å². The van der Waals surface area contributed by atoms with Gasteiger partial charge in [0.05, 0.1) is 17.4 Å². The number of aromatic nitrogens is 2. The molecular weight excluding hydrogens is 428 g/mol. The standard InChI is InChI=1S/C25H19F2N3O3/c1-16-10-11-28-14-21(16)25(31)30-18-3-9-24(29-13-18)33-20-6-4-19(5-7-20)32-15-17-2-8-22(26)23(27)12-17/h2-14H,15H2,1H3,(H,30,31). The van der Waals surface area contributed by atoms with E-state index in [0.29, 0.717) is 34.2 Å². The third kappa shape index (κ3) is 5.68. The fourth-order valence-electron chi connectivity index (χ4n) is 2.94. The Kier molecular flexibility index (Phi) is 6.54. The Bertz CT molecular complexity index is 1260. The highest BCUT2D eigenvalue weighted by molar-refractivity contribution is 6.04. The van der Waals surface area contributed by atoms with Crippen LogP contribution < -0.4 is 14.8 Å². The van der Waals surface area contributed by atoms with Gasteiger partial charge in [0.25, 0.3) is 5.91 Å². The molecule has 0 aliphatic rings. The van der Waals surface area contributed by atoms with E-state index in [1.54, 1.807) is 48.7 Å². The minimum absolute atomic E-state index is 0.102. The van der Waals surface area contributed by atoms with E-state index in [-0.39, 0.29) is 12.5 Å². The van der Waals surface area contributed by atoms with Crippen molar-refractivity contribution in [2.45, 2.75) is 13.5 Å². The van der Waals surface area contributed by atoms with Gasteiger partial charge in [0, 0.05) is 18.5 Å². The molecule has 0 atom stereocenters. The van der Waals surface area contributed by atoms with Gasteiger partial charge in [-0.3, -0.25) is 9.78 Å². The van der Waals surface area contributed by atoms with Gasteiger partial charge in [-0.1, -0.05) is 6.07 Å². The number of hydrogen-bond acceptors (Lipinski definition) is 5. The third-order valence-corrected chi connectivity index (χ3v) is 4.71. The second-order valence-electron chi connectivity index (χ2n) is 7.14. The minimum atomic E-state index is -0.912. The van der Waals surface area contributed by atoms with Gasteiger partial charge in [0.2, 0.25) is 5.88 Å². The average molecular weight is 447 g/mol. The summed E-state index contributed by atoms with van der Waals surface area (Å²) in [4.78, 5) is 20.5. The summed E-state index contributed by atoms with van der Waals surface area (Å²) in [6, 6.07) is 15.5. The van der Waals surface area contributed by atoms with Crippen LogP contribution in [0.5, 0.6) is 17.4 Å². The highest BCUT2D eigenvalue weighted by Gasteiger charge is 2.10. The number of anilines is 1. The van der Waals surface area contributed by atoms with Crippen molar-refractivity contribution in [3.05, 3.63) is 108 Å². The Morgan fingerprint density at radius 2 is 1.73 bits per heavy atom. The van der Waals surface area contributed by atoms with Crippen LogP contribution in [0.4, 0.5) is 14.5 Å². The molecule has 0 aliphatic heterocycles. The van der Waals surface area contributed by atoms with Crippen LogP contribution in [0.25, 0.3) is 0 Å². The molecule has 2 aromatic heterocycles. The third-order valence-electron chi connectivity index (χ3n) is 4.71. The predicted octanol–water partition coefficient (Wildman–Crippen LogP) is 5.69. The van der Waals surface area contributed by atoms with E-state index in [4.69, 9.17) is 9.47 Å². The fourth-order valence-corrected chi connectivity index (χ4v) is 2.94. The molecule has 0 fully saturated rings. The molecule has 8 heteroatoms. The zero-order valence-electron chi connectivity index (χ0n) is 17.6. The molecule has 0 bridgehead atoms. The lowest BCUT2D eigenvalue weighted by Gasteiger charge is -2.09. The molecule has 33 heavy (non-hydrogen) atoms. The van der Waals surface area contributed by atoms with Crippen LogP contribution in [0.1, 0.15) is 21.5 Å². The molecule has 0 saturated carbocycles. The number of halogens is 2. The molecule has 4 rings (SSSR count). The van der Waals surface area contributed by atoms with Crippen LogP contribution in [0.15, 0.2) is 79.3 Å². The van der Waals surface area contributed by atoms with Crippen LogP contribution in [0.3, 0.4) is 0 Å². The molecule has 0 saturated heterocycles. The molecular formula is C25H19F2N3O3. The Morgan fingerprint density at radius 3 is 2.42 bits per heavy atom. The Balaban J connectivity index is 1.32. The lowest BCUT2D eigenvalue weighted by molar-refractivity contribution is 0.102. The highest BCUT2D eigenvalue weighted by atomic mass is 19.2. The van der Waals surface area contributed by atoms with Gasteiger partial charge in [-0.05, 0) is 66.6 Å². The minimum Gasteiger partial charge on any atom is -0.489 e. The lowest BCUT2D eigenvalue weighted by atomic mass is 10.1. The van der Waals surface area contributed by atoms with E-state index in [1.165, 1.54) is 18.5 Å². The molecule has 166 valence electrons. The van der Waals surface area contributed by atoms with Crippen molar-refractivity contribution in [2.24, 2.45) is 0 Å². The summed E-state index contributed by atoms with van der Waals surface area (Å²) in [7, 11) is 0. The van der Waals surface area contributed by atoms with Crippen molar-refractivity contribution in [1.82, 2.24) is 9.97 Å². The Hall–Kier alpha value is -4.33. The van der Waals surface area contributed by atoms with E-state index in [2.05, 4.69) is 15.3 Å². The normalized spacial score (nSPS) is 10.5. The van der Waals surface area contributed by atoms with Crippen LogP contribution in [-0.2, 0) is 6.61 Å². The Labute approximate surface area is 188 Å². The molecule has 6 nitrogen and oxygen atoms in total. The van der Waals surface area contributed by atoms with Crippen molar-refractivity contribution in [2.75, 3.05) is 5.32 Å². The number of benzene rings is 2. The number of pyridine rings is 2. The second-order valence-corrected chi connectivity index (χ2v) is 7.14. The highest BCUT2D eigenvalue weighted by Crippen LogP contribution is 2.24. The topological polar surface area (TPSA) is 73.3 Å². The van der Waals surface area contributed by atoms with Gasteiger partial charge in [-0.25, -0.2) is 13.8 Å². The number of rotatable bonds is 7. The van der Waals surface area contributed by atoms with Crippen LogP contribution in [0.2, 0.25) is 0 Å². The van der Waals surface area contributed by atoms with Crippen LogP contribution in [0, 0.1) is 18.6 Å². The van der Waals surface area contributed by atoms with Gasteiger partial charge in [0.1, 0.15) is 18.1 Å². The molecule has 1 amide bonds. The lowest BCUT2D eigenvalue weighted by Crippen LogP contribution is -2.13. The van der Waals surface area contributed by atoms with Crippen LogP contribution in [-0.4, -0.2) is 15.9 Å². The monoisotopic (exact) mass is 447 g/mol. The first-order valence-electron chi connectivity index (χ1n) is 10.0. The molecule has 0 unspecified atom stereocenters. The molecule has 0 spiro atoms. The summed E-state index contributed by atoms with van der Waals surface area (Å²) in [5.41, 5.74) is 2.36. The summed E-state index contributed by atoms with van der Waals surface area (Å²) in [5.74, 6) is -0.650. The first-order valence-corrected chi connectivity index (χ1v) is 10.0. The number of nitrogens with one attached hydrogen (secondary N) is 1. The average Bonchev–Trinajstić information content (AvgIpc) is 2.82.